The van der Waals surface area contributed by atoms with Crippen LogP contribution in [0.4, 0.5) is 11.4 Å². The van der Waals surface area contributed by atoms with Crippen LogP contribution in [0.1, 0.15) is 17.3 Å². The number of hydrogen-bond donors (Lipinski definition) is 2. The Balaban J connectivity index is 2.05. The predicted octanol–water partition coefficient (Wildman–Crippen LogP) is 2.40. The lowest BCUT2D eigenvalue weighted by Crippen LogP contribution is -2.31. The van der Waals surface area contributed by atoms with E-state index in [9.17, 15) is 18.0 Å². The molecule has 0 fully saturated rings. The molecule has 9 heteroatoms. The predicted molar refractivity (Wildman–Crippen MR) is 117 cm³/mol. The van der Waals surface area contributed by atoms with Gasteiger partial charge in [0, 0.05) is 13.6 Å². The molecular formula is C21H25N3O5S. The third kappa shape index (κ3) is 6.08. The lowest BCUT2D eigenvalue weighted by atomic mass is 10.1. The summed E-state index contributed by atoms with van der Waals surface area (Å²) in [5, 5.41) is 5.37. The van der Waals surface area contributed by atoms with Crippen molar-refractivity contribution < 1.29 is 22.7 Å². The molecule has 0 heterocycles. The van der Waals surface area contributed by atoms with Crippen molar-refractivity contribution in [3.63, 3.8) is 0 Å². The molecule has 2 amide bonds. The van der Waals surface area contributed by atoms with E-state index < -0.39 is 22.0 Å². The molecular weight excluding hydrogens is 406 g/mol. The van der Waals surface area contributed by atoms with Crippen molar-refractivity contribution >= 4 is 33.2 Å². The number of amides is 2. The molecule has 0 unspecified atom stereocenters. The Morgan fingerprint density at radius 2 is 1.80 bits per heavy atom. The Morgan fingerprint density at radius 1 is 1.17 bits per heavy atom. The SMILES string of the molecule is C=CCNC(=O)c1ccccc1NC(=O)[C@H](C)Oc1ccc(N(C)S(C)(=O)=O)cc1. The van der Waals surface area contributed by atoms with Crippen molar-refractivity contribution in [2.45, 2.75) is 13.0 Å². The maximum atomic E-state index is 12.5. The molecule has 0 aliphatic heterocycles. The summed E-state index contributed by atoms with van der Waals surface area (Å²) in [7, 11) is -1.92. The fourth-order valence-corrected chi connectivity index (χ4v) is 2.97. The van der Waals surface area contributed by atoms with Crippen LogP contribution >= 0.6 is 0 Å². The number of nitrogens with one attached hydrogen (secondary N) is 2. The van der Waals surface area contributed by atoms with Gasteiger partial charge in [-0.2, -0.15) is 0 Å². The Labute approximate surface area is 176 Å². The van der Waals surface area contributed by atoms with E-state index in [1.54, 1.807) is 61.5 Å². The fraction of sp³-hybridized carbons (Fsp3) is 0.238. The van der Waals surface area contributed by atoms with Gasteiger partial charge in [-0.05, 0) is 43.3 Å². The number of hydrogen-bond acceptors (Lipinski definition) is 5. The first-order chi connectivity index (χ1) is 14.1. The van der Waals surface area contributed by atoms with Crippen molar-refractivity contribution in [2.75, 3.05) is 29.5 Å². The van der Waals surface area contributed by atoms with Gasteiger partial charge < -0.3 is 15.4 Å². The zero-order valence-corrected chi connectivity index (χ0v) is 17.9. The van der Waals surface area contributed by atoms with Gasteiger partial charge in [0.25, 0.3) is 11.8 Å². The largest absolute Gasteiger partial charge is 0.481 e. The number of sulfonamides is 1. The summed E-state index contributed by atoms with van der Waals surface area (Å²) in [5.74, 6) is -0.360. The second-order valence-electron chi connectivity index (χ2n) is 6.52. The molecule has 0 saturated carbocycles. The maximum Gasteiger partial charge on any atom is 0.265 e. The third-order valence-corrected chi connectivity index (χ3v) is 5.42. The third-order valence-electron chi connectivity index (χ3n) is 4.22. The molecule has 30 heavy (non-hydrogen) atoms. The highest BCUT2D eigenvalue weighted by Gasteiger charge is 2.19. The molecule has 0 spiro atoms. The number of carbonyl (C=O) groups excluding carboxylic acids is 2. The van der Waals surface area contributed by atoms with Gasteiger partial charge in [0.2, 0.25) is 10.0 Å². The Kier molecular flexibility index (Phi) is 7.60. The van der Waals surface area contributed by atoms with Gasteiger partial charge in [-0.3, -0.25) is 13.9 Å². The second-order valence-corrected chi connectivity index (χ2v) is 8.53. The van der Waals surface area contributed by atoms with Crippen LogP contribution in [-0.4, -0.2) is 46.2 Å². The lowest BCUT2D eigenvalue weighted by molar-refractivity contribution is -0.122. The molecule has 0 aliphatic rings. The molecule has 8 nitrogen and oxygen atoms in total. The first kappa shape index (κ1) is 23.0. The minimum atomic E-state index is -3.37. The first-order valence-electron chi connectivity index (χ1n) is 9.13. The second kappa shape index (κ2) is 9.93. The summed E-state index contributed by atoms with van der Waals surface area (Å²) in [6, 6.07) is 13.0. The molecule has 0 radical (unpaired) electrons. The van der Waals surface area contributed by atoms with Crippen LogP contribution in [0.15, 0.2) is 61.2 Å². The number of nitrogens with zero attached hydrogens (tertiary/aromatic N) is 1. The summed E-state index contributed by atoms with van der Waals surface area (Å²) < 4.78 is 30.0. The van der Waals surface area contributed by atoms with E-state index >= 15 is 0 Å². The molecule has 2 N–H and O–H groups in total. The Hall–Kier alpha value is -3.33. The Bertz CT molecular complexity index is 1020. The van der Waals surface area contributed by atoms with Crippen molar-refractivity contribution in [2.24, 2.45) is 0 Å². The van der Waals surface area contributed by atoms with Gasteiger partial charge in [-0.1, -0.05) is 18.2 Å². The highest BCUT2D eigenvalue weighted by atomic mass is 32.2. The van der Waals surface area contributed by atoms with Gasteiger partial charge in [-0.15, -0.1) is 6.58 Å². The van der Waals surface area contributed by atoms with E-state index in [4.69, 9.17) is 4.74 Å². The molecule has 0 saturated heterocycles. The van der Waals surface area contributed by atoms with Gasteiger partial charge in [0.15, 0.2) is 6.10 Å². The van der Waals surface area contributed by atoms with Crippen LogP contribution in [-0.2, 0) is 14.8 Å². The van der Waals surface area contributed by atoms with Crippen LogP contribution in [0.3, 0.4) is 0 Å². The molecule has 2 rings (SSSR count). The van der Waals surface area contributed by atoms with Crippen molar-refractivity contribution in [1.82, 2.24) is 5.32 Å². The topological polar surface area (TPSA) is 105 Å². The smallest absolute Gasteiger partial charge is 0.265 e. The number of rotatable bonds is 9. The summed E-state index contributed by atoms with van der Waals surface area (Å²) in [6.45, 7) is 5.44. The van der Waals surface area contributed by atoms with Crippen LogP contribution in [0.5, 0.6) is 5.75 Å². The van der Waals surface area contributed by atoms with Crippen LogP contribution < -0.4 is 19.7 Å². The number of anilines is 2. The molecule has 160 valence electrons. The zero-order valence-electron chi connectivity index (χ0n) is 17.1. The average Bonchev–Trinajstić information content (AvgIpc) is 2.71. The molecule has 2 aromatic carbocycles. The number of ether oxygens (including phenoxy) is 1. The van der Waals surface area contributed by atoms with Crippen molar-refractivity contribution in [3.05, 3.63) is 66.7 Å². The lowest BCUT2D eigenvalue weighted by Gasteiger charge is -2.18. The quantitative estimate of drug-likeness (QED) is 0.593. The zero-order chi connectivity index (χ0) is 22.3. The monoisotopic (exact) mass is 431 g/mol. The van der Waals surface area contributed by atoms with E-state index in [1.165, 1.54) is 7.05 Å². The molecule has 0 aliphatic carbocycles. The minimum absolute atomic E-state index is 0.311. The van der Waals surface area contributed by atoms with Crippen molar-refractivity contribution in [1.29, 1.82) is 0 Å². The van der Waals surface area contributed by atoms with E-state index in [0.717, 1.165) is 10.6 Å². The highest BCUT2D eigenvalue weighted by Crippen LogP contribution is 2.22. The number of carbonyl (C=O) groups is 2. The summed E-state index contributed by atoms with van der Waals surface area (Å²) >= 11 is 0. The number of benzene rings is 2. The summed E-state index contributed by atoms with van der Waals surface area (Å²) in [4.78, 5) is 24.8. The van der Waals surface area contributed by atoms with Crippen molar-refractivity contribution in [3.8, 4) is 5.75 Å². The van der Waals surface area contributed by atoms with Crippen LogP contribution in [0.2, 0.25) is 0 Å². The minimum Gasteiger partial charge on any atom is -0.481 e. The summed E-state index contributed by atoms with van der Waals surface area (Å²) in [6.07, 6.45) is 1.82. The van der Waals surface area contributed by atoms with Gasteiger partial charge in [-0.25, -0.2) is 8.42 Å². The fourth-order valence-electron chi connectivity index (χ4n) is 2.47. The van der Waals surface area contributed by atoms with Crippen LogP contribution in [0.25, 0.3) is 0 Å². The normalized spacial score (nSPS) is 11.8. The van der Waals surface area contributed by atoms with Gasteiger partial charge in [0.05, 0.1) is 23.2 Å². The molecule has 1 atom stereocenters. The standard InChI is InChI=1S/C21H25N3O5S/c1-5-14-22-21(26)18-8-6-7-9-19(18)23-20(25)15(2)29-17-12-10-16(11-13-17)24(3)30(4,27)28/h5-13,15H,1,14H2,2-4H3,(H,22,26)(H,23,25)/t15-/m0/s1. The van der Waals surface area contributed by atoms with E-state index in [0.29, 0.717) is 29.2 Å². The molecule has 2 aromatic rings. The Morgan fingerprint density at radius 3 is 2.40 bits per heavy atom. The molecule has 0 aromatic heterocycles. The first-order valence-corrected chi connectivity index (χ1v) is 11.0. The van der Waals surface area contributed by atoms with Crippen LogP contribution in [0, 0.1) is 0 Å². The molecule has 0 bridgehead atoms. The summed E-state index contributed by atoms with van der Waals surface area (Å²) in [5.41, 5.74) is 1.17. The van der Waals surface area contributed by atoms with Gasteiger partial charge in [0.1, 0.15) is 5.75 Å². The maximum absolute atomic E-state index is 12.5. The number of para-hydroxylation sites is 1. The van der Waals surface area contributed by atoms with E-state index in [-0.39, 0.29) is 5.91 Å². The average molecular weight is 432 g/mol. The highest BCUT2D eigenvalue weighted by molar-refractivity contribution is 7.92. The van der Waals surface area contributed by atoms with E-state index in [2.05, 4.69) is 17.2 Å². The van der Waals surface area contributed by atoms with Gasteiger partial charge >= 0.3 is 0 Å². The van der Waals surface area contributed by atoms with E-state index in [1.807, 2.05) is 0 Å².